The van der Waals surface area contributed by atoms with Crippen LogP contribution < -0.4 is 14.8 Å². The first-order valence-electron chi connectivity index (χ1n) is 6.37. The number of hydrogen-bond acceptors (Lipinski definition) is 4. The lowest BCUT2D eigenvalue weighted by Crippen LogP contribution is -2.14. The molecule has 0 aliphatic heterocycles. The highest BCUT2D eigenvalue weighted by molar-refractivity contribution is 6.03. The summed E-state index contributed by atoms with van der Waals surface area (Å²) in [6.07, 6.45) is 0. The van der Waals surface area contributed by atoms with Gasteiger partial charge in [-0.2, -0.15) is 8.78 Å². The van der Waals surface area contributed by atoms with E-state index in [1.807, 2.05) is 0 Å². The second-order valence-electron chi connectivity index (χ2n) is 4.36. The minimum absolute atomic E-state index is 0.145. The second-order valence-corrected chi connectivity index (χ2v) is 4.36. The summed E-state index contributed by atoms with van der Waals surface area (Å²) in [7, 11) is 1.34. The molecule has 5 nitrogen and oxygen atoms in total. The SMILES string of the molecule is COc1ccc(NC(=O)c2cccc(C)n2)cc1OC(F)F. The Bertz CT molecular complexity index is 678. The van der Waals surface area contributed by atoms with E-state index in [-0.39, 0.29) is 17.2 Å². The Morgan fingerprint density at radius 1 is 1.23 bits per heavy atom. The molecule has 0 aliphatic carbocycles. The smallest absolute Gasteiger partial charge is 0.387 e. The van der Waals surface area contributed by atoms with Crippen molar-refractivity contribution in [2.45, 2.75) is 13.5 Å². The lowest BCUT2D eigenvalue weighted by molar-refractivity contribution is -0.0511. The molecule has 1 aromatic carbocycles. The molecule has 0 atom stereocenters. The maximum absolute atomic E-state index is 12.4. The van der Waals surface area contributed by atoms with Crippen molar-refractivity contribution in [3.8, 4) is 11.5 Å². The molecule has 116 valence electrons. The number of rotatable bonds is 5. The zero-order chi connectivity index (χ0) is 16.1. The van der Waals surface area contributed by atoms with Crippen LogP contribution in [0.2, 0.25) is 0 Å². The van der Waals surface area contributed by atoms with E-state index in [2.05, 4.69) is 15.0 Å². The Hall–Kier alpha value is -2.70. The van der Waals surface area contributed by atoms with Crippen LogP contribution >= 0.6 is 0 Å². The predicted octanol–water partition coefficient (Wildman–Crippen LogP) is 3.25. The van der Waals surface area contributed by atoms with Gasteiger partial charge in [0.2, 0.25) is 0 Å². The maximum Gasteiger partial charge on any atom is 0.387 e. The third kappa shape index (κ3) is 3.91. The van der Waals surface area contributed by atoms with E-state index in [4.69, 9.17) is 4.74 Å². The van der Waals surface area contributed by atoms with Crippen LogP contribution in [0, 0.1) is 6.92 Å². The number of amides is 1. The normalized spacial score (nSPS) is 10.4. The molecule has 7 heteroatoms. The minimum atomic E-state index is -2.99. The van der Waals surface area contributed by atoms with Crippen molar-refractivity contribution >= 4 is 11.6 Å². The number of hydrogen-bond donors (Lipinski definition) is 1. The van der Waals surface area contributed by atoms with Crippen molar-refractivity contribution in [1.29, 1.82) is 0 Å². The zero-order valence-corrected chi connectivity index (χ0v) is 12.0. The van der Waals surface area contributed by atoms with Crippen LogP contribution in [0.1, 0.15) is 16.2 Å². The van der Waals surface area contributed by atoms with Gasteiger partial charge in [-0.1, -0.05) is 6.07 Å². The predicted molar refractivity (Wildman–Crippen MR) is 76.6 cm³/mol. The van der Waals surface area contributed by atoms with E-state index < -0.39 is 12.5 Å². The van der Waals surface area contributed by atoms with Crippen molar-refractivity contribution in [3.63, 3.8) is 0 Å². The molecule has 0 unspecified atom stereocenters. The lowest BCUT2D eigenvalue weighted by Gasteiger charge is -2.12. The topological polar surface area (TPSA) is 60.5 Å². The lowest BCUT2D eigenvalue weighted by atomic mass is 10.2. The number of nitrogens with zero attached hydrogens (tertiary/aromatic N) is 1. The largest absolute Gasteiger partial charge is 0.493 e. The minimum Gasteiger partial charge on any atom is -0.493 e. The number of benzene rings is 1. The van der Waals surface area contributed by atoms with Crippen molar-refractivity contribution in [2.24, 2.45) is 0 Å². The van der Waals surface area contributed by atoms with E-state index in [1.54, 1.807) is 25.1 Å². The quantitative estimate of drug-likeness (QED) is 0.921. The van der Waals surface area contributed by atoms with Gasteiger partial charge in [0.25, 0.3) is 5.91 Å². The Morgan fingerprint density at radius 3 is 2.64 bits per heavy atom. The monoisotopic (exact) mass is 308 g/mol. The van der Waals surface area contributed by atoms with Crippen molar-refractivity contribution in [1.82, 2.24) is 4.98 Å². The van der Waals surface area contributed by atoms with Crippen LogP contribution in [0.15, 0.2) is 36.4 Å². The van der Waals surface area contributed by atoms with Crippen molar-refractivity contribution in [2.75, 3.05) is 12.4 Å². The van der Waals surface area contributed by atoms with Gasteiger partial charge in [0, 0.05) is 17.4 Å². The number of ether oxygens (including phenoxy) is 2. The standard InChI is InChI=1S/C15H14F2N2O3/c1-9-4-3-5-11(18-9)14(20)19-10-6-7-12(21-2)13(8-10)22-15(16)17/h3-8,15H,1-2H3,(H,19,20). The van der Waals surface area contributed by atoms with Crippen LogP contribution in [0.4, 0.5) is 14.5 Å². The molecule has 0 saturated carbocycles. The Balaban J connectivity index is 2.20. The molecule has 0 aliphatic rings. The first-order chi connectivity index (χ1) is 10.5. The molecule has 0 spiro atoms. The number of carbonyl (C=O) groups is 1. The number of nitrogens with one attached hydrogen (secondary N) is 1. The van der Waals surface area contributed by atoms with E-state index >= 15 is 0 Å². The van der Waals surface area contributed by atoms with E-state index in [0.29, 0.717) is 11.4 Å². The molecule has 0 radical (unpaired) electrons. The highest BCUT2D eigenvalue weighted by atomic mass is 19.3. The van der Waals surface area contributed by atoms with Crippen LogP contribution in [-0.2, 0) is 0 Å². The Kier molecular flexibility index (Phi) is 4.88. The summed E-state index contributed by atoms with van der Waals surface area (Å²) in [5.41, 5.74) is 1.22. The number of aryl methyl sites for hydroxylation is 1. The Labute approximate surface area is 125 Å². The van der Waals surface area contributed by atoms with Gasteiger partial charge in [0.15, 0.2) is 11.5 Å². The van der Waals surface area contributed by atoms with Crippen LogP contribution in [-0.4, -0.2) is 24.6 Å². The fourth-order valence-electron chi connectivity index (χ4n) is 1.81. The van der Waals surface area contributed by atoms with Gasteiger partial charge >= 0.3 is 6.61 Å². The fourth-order valence-corrected chi connectivity index (χ4v) is 1.81. The number of halogens is 2. The van der Waals surface area contributed by atoms with E-state index in [0.717, 1.165) is 0 Å². The molecular formula is C15H14F2N2O3. The summed E-state index contributed by atoms with van der Waals surface area (Å²) >= 11 is 0. The van der Waals surface area contributed by atoms with Crippen LogP contribution in [0.3, 0.4) is 0 Å². The fraction of sp³-hybridized carbons (Fsp3) is 0.200. The van der Waals surface area contributed by atoms with Gasteiger partial charge in [0.1, 0.15) is 5.69 Å². The van der Waals surface area contributed by atoms with Gasteiger partial charge in [0.05, 0.1) is 7.11 Å². The molecule has 0 fully saturated rings. The summed E-state index contributed by atoms with van der Waals surface area (Å²) in [6.45, 7) is -1.23. The number of pyridine rings is 1. The average molecular weight is 308 g/mol. The molecular weight excluding hydrogens is 294 g/mol. The average Bonchev–Trinajstić information content (AvgIpc) is 2.47. The molecule has 1 N–H and O–H groups in total. The van der Waals surface area contributed by atoms with E-state index in [1.165, 1.54) is 25.3 Å². The molecule has 2 rings (SSSR count). The number of carbonyl (C=O) groups excluding carboxylic acids is 1. The van der Waals surface area contributed by atoms with Crippen LogP contribution in [0.25, 0.3) is 0 Å². The van der Waals surface area contributed by atoms with Crippen LogP contribution in [0.5, 0.6) is 11.5 Å². The number of anilines is 1. The highest BCUT2D eigenvalue weighted by Crippen LogP contribution is 2.31. The third-order valence-corrected chi connectivity index (χ3v) is 2.76. The van der Waals surface area contributed by atoms with Crippen molar-refractivity contribution < 1.29 is 23.0 Å². The van der Waals surface area contributed by atoms with Gasteiger partial charge in [-0.05, 0) is 31.2 Å². The van der Waals surface area contributed by atoms with Gasteiger partial charge < -0.3 is 14.8 Å². The summed E-state index contributed by atoms with van der Waals surface area (Å²) in [6, 6.07) is 9.23. The molecule has 22 heavy (non-hydrogen) atoms. The summed E-state index contributed by atoms with van der Waals surface area (Å²) in [4.78, 5) is 16.1. The maximum atomic E-state index is 12.4. The zero-order valence-electron chi connectivity index (χ0n) is 12.0. The highest BCUT2D eigenvalue weighted by Gasteiger charge is 2.13. The molecule has 1 heterocycles. The van der Waals surface area contributed by atoms with Crippen molar-refractivity contribution in [3.05, 3.63) is 47.8 Å². The van der Waals surface area contributed by atoms with Gasteiger partial charge in [-0.15, -0.1) is 0 Å². The first-order valence-corrected chi connectivity index (χ1v) is 6.37. The van der Waals surface area contributed by atoms with E-state index in [9.17, 15) is 13.6 Å². The summed E-state index contributed by atoms with van der Waals surface area (Å²) < 4.78 is 34.0. The number of methoxy groups -OCH3 is 1. The van der Waals surface area contributed by atoms with Gasteiger partial charge in [-0.25, -0.2) is 4.98 Å². The second kappa shape index (κ2) is 6.84. The summed E-state index contributed by atoms with van der Waals surface area (Å²) in [5.74, 6) is -0.462. The third-order valence-electron chi connectivity index (χ3n) is 2.76. The number of alkyl halides is 2. The molecule has 0 saturated heterocycles. The Morgan fingerprint density at radius 2 is 2.00 bits per heavy atom. The molecule has 1 amide bonds. The first kappa shape index (κ1) is 15.7. The molecule has 0 bridgehead atoms. The van der Waals surface area contributed by atoms with Gasteiger partial charge in [-0.3, -0.25) is 4.79 Å². The molecule has 2 aromatic rings. The molecule has 1 aromatic heterocycles. The number of aromatic nitrogens is 1. The summed E-state index contributed by atoms with van der Waals surface area (Å²) in [5, 5.41) is 2.57.